The van der Waals surface area contributed by atoms with Gasteiger partial charge in [0.05, 0.1) is 11.3 Å². The number of amides is 1. The lowest BCUT2D eigenvalue weighted by atomic mass is 10.0. The molecule has 1 atom stereocenters. The van der Waals surface area contributed by atoms with Crippen molar-refractivity contribution in [2.24, 2.45) is 5.92 Å². The van der Waals surface area contributed by atoms with Gasteiger partial charge in [-0.2, -0.15) is 4.98 Å². The fourth-order valence-corrected chi connectivity index (χ4v) is 2.76. The molecule has 0 saturated carbocycles. The molecular weight excluding hydrogens is 379 g/mol. The Labute approximate surface area is 165 Å². The highest BCUT2D eigenvalue weighted by molar-refractivity contribution is 5.79. The third-order valence-electron chi connectivity index (χ3n) is 4.28. The molecule has 1 heterocycles. The first-order valence-corrected chi connectivity index (χ1v) is 8.95. The number of carbonyl (C=O) groups is 1. The first kappa shape index (κ1) is 20.1. The summed E-state index contributed by atoms with van der Waals surface area (Å²) in [5, 5.41) is 17.7. The maximum atomic E-state index is 13.0. The highest BCUT2D eigenvalue weighted by Gasteiger charge is 2.25. The quantitative estimate of drug-likeness (QED) is 0.478. The van der Waals surface area contributed by atoms with Gasteiger partial charge < -0.3 is 9.84 Å². The number of carbonyl (C=O) groups excluding carboxylic acids is 1. The minimum Gasteiger partial charge on any atom is -0.344 e. The van der Waals surface area contributed by atoms with E-state index in [0.29, 0.717) is 11.1 Å². The number of hydrogen-bond acceptors (Lipinski definition) is 6. The largest absolute Gasteiger partial charge is 0.344 e. The number of non-ortho nitro benzene ring substituents is 1. The van der Waals surface area contributed by atoms with Crippen LogP contribution in [-0.4, -0.2) is 21.0 Å². The molecule has 0 fully saturated rings. The minimum atomic E-state index is -0.539. The smallest absolute Gasteiger partial charge is 0.270 e. The van der Waals surface area contributed by atoms with Crippen LogP contribution in [0.1, 0.15) is 31.3 Å². The molecule has 1 aromatic heterocycles. The van der Waals surface area contributed by atoms with E-state index in [4.69, 9.17) is 4.52 Å². The van der Waals surface area contributed by atoms with E-state index in [-0.39, 0.29) is 41.5 Å². The number of rotatable bonds is 7. The van der Waals surface area contributed by atoms with Crippen LogP contribution in [0.2, 0.25) is 0 Å². The van der Waals surface area contributed by atoms with E-state index < -0.39 is 11.0 Å². The lowest BCUT2D eigenvalue weighted by Gasteiger charge is -2.18. The molecule has 0 aliphatic heterocycles. The molecule has 150 valence electrons. The van der Waals surface area contributed by atoms with Crippen molar-refractivity contribution in [3.05, 3.63) is 75.9 Å². The zero-order chi connectivity index (χ0) is 21.0. The summed E-state index contributed by atoms with van der Waals surface area (Å²) in [6.45, 7) is 3.78. The second-order valence-corrected chi connectivity index (χ2v) is 6.86. The van der Waals surface area contributed by atoms with Gasteiger partial charge in [0.15, 0.2) is 0 Å². The van der Waals surface area contributed by atoms with Gasteiger partial charge in [-0.15, -0.1) is 0 Å². The van der Waals surface area contributed by atoms with Crippen molar-refractivity contribution < 1.29 is 18.6 Å². The van der Waals surface area contributed by atoms with Gasteiger partial charge in [0, 0.05) is 17.7 Å². The third kappa shape index (κ3) is 5.01. The van der Waals surface area contributed by atoms with Crippen molar-refractivity contribution in [3.63, 3.8) is 0 Å². The molecule has 29 heavy (non-hydrogen) atoms. The predicted octanol–water partition coefficient (Wildman–Crippen LogP) is 3.84. The van der Waals surface area contributed by atoms with Crippen LogP contribution >= 0.6 is 0 Å². The van der Waals surface area contributed by atoms with E-state index in [1.807, 2.05) is 13.8 Å². The Morgan fingerprint density at radius 1 is 1.24 bits per heavy atom. The predicted molar refractivity (Wildman–Crippen MR) is 102 cm³/mol. The van der Waals surface area contributed by atoms with Crippen molar-refractivity contribution in [2.45, 2.75) is 26.3 Å². The maximum absolute atomic E-state index is 13.0. The van der Waals surface area contributed by atoms with Gasteiger partial charge in [-0.05, 0) is 23.6 Å². The van der Waals surface area contributed by atoms with Gasteiger partial charge in [0.1, 0.15) is 11.9 Å². The summed E-state index contributed by atoms with van der Waals surface area (Å²) < 4.78 is 18.3. The number of benzene rings is 2. The number of nitrogens with zero attached hydrogens (tertiary/aromatic N) is 3. The summed E-state index contributed by atoms with van der Waals surface area (Å²) in [4.78, 5) is 27.2. The molecule has 0 unspecified atom stereocenters. The summed E-state index contributed by atoms with van der Waals surface area (Å²) in [5.41, 5.74) is 1.03. The van der Waals surface area contributed by atoms with Crippen LogP contribution in [0.4, 0.5) is 10.1 Å². The Morgan fingerprint density at radius 2 is 1.97 bits per heavy atom. The van der Waals surface area contributed by atoms with E-state index >= 15 is 0 Å². The van der Waals surface area contributed by atoms with Crippen molar-refractivity contribution in [3.8, 4) is 11.4 Å². The average Bonchev–Trinajstić information content (AvgIpc) is 3.17. The van der Waals surface area contributed by atoms with Crippen LogP contribution in [-0.2, 0) is 11.2 Å². The molecule has 1 amide bonds. The van der Waals surface area contributed by atoms with Crippen molar-refractivity contribution in [1.29, 1.82) is 0 Å². The van der Waals surface area contributed by atoms with E-state index in [2.05, 4.69) is 15.5 Å². The lowest BCUT2D eigenvalue weighted by Crippen LogP contribution is -2.33. The van der Waals surface area contributed by atoms with Crippen molar-refractivity contribution in [1.82, 2.24) is 15.5 Å². The number of nitro benzene ring substituents is 1. The summed E-state index contributed by atoms with van der Waals surface area (Å²) in [5.74, 6) is -0.291. The molecule has 9 heteroatoms. The zero-order valence-corrected chi connectivity index (χ0v) is 15.8. The van der Waals surface area contributed by atoms with E-state index in [9.17, 15) is 19.3 Å². The van der Waals surface area contributed by atoms with E-state index in [1.165, 1.54) is 30.3 Å². The molecule has 3 rings (SSSR count). The van der Waals surface area contributed by atoms with Gasteiger partial charge >= 0.3 is 0 Å². The molecule has 0 aliphatic rings. The Hall–Kier alpha value is -3.62. The number of aromatic nitrogens is 2. The molecule has 0 spiro atoms. The lowest BCUT2D eigenvalue weighted by molar-refractivity contribution is -0.384. The van der Waals surface area contributed by atoms with Crippen LogP contribution in [0, 0.1) is 21.8 Å². The van der Waals surface area contributed by atoms with Crippen molar-refractivity contribution in [2.75, 3.05) is 0 Å². The van der Waals surface area contributed by atoms with Gasteiger partial charge in [-0.3, -0.25) is 14.9 Å². The Balaban J connectivity index is 1.76. The van der Waals surface area contributed by atoms with Crippen LogP contribution < -0.4 is 5.32 Å². The zero-order valence-electron chi connectivity index (χ0n) is 15.8. The fraction of sp³-hybridized carbons (Fsp3) is 0.250. The average molecular weight is 398 g/mol. The number of hydrogen-bond donors (Lipinski definition) is 1. The van der Waals surface area contributed by atoms with Gasteiger partial charge in [0.2, 0.25) is 17.6 Å². The molecule has 0 aliphatic carbocycles. The minimum absolute atomic E-state index is 0.0504. The summed E-state index contributed by atoms with van der Waals surface area (Å²) in [6, 6.07) is 11.1. The highest BCUT2D eigenvalue weighted by Crippen LogP contribution is 2.25. The van der Waals surface area contributed by atoms with Crippen LogP contribution in [0.3, 0.4) is 0 Å². The first-order chi connectivity index (χ1) is 13.8. The Kier molecular flexibility index (Phi) is 5.96. The molecule has 3 aromatic rings. The topological polar surface area (TPSA) is 111 Å². The van der Waals surface area contributed by atoms with Crippen LogP contribution in [0.15, 0.2) is 53.1 Å². The maximum Gasteiger partial charge on any atom is 0.270 e. The summed E-state index contributed by atoms with van der Waals surface area (Å²) in [7, 11) is 0. The van der Waals surface area contributed by atoms with E-state index in [0.717, 1.165) is 0 Å². The Morgan fingerprint density at radius 3 is 2.62 bits per heavy atom. The molecule has 0 bridgehead atoms. The molecule has 8 nitrogen and oxygen atoms in total. The third-order valence-corrected chi connectivity index (χ3v) is 4.28. The normalized spacial score (nSPS) is 12.0. The Bertz CT molecular complexity index is 1020. The monoisotopic (exact) mass is 398 g/mol. The summed E-state index contributed by atoms with van der Waals surface area (Å²) in [6.07, 6.45) is 0.0787. The fourth-order valence-electron chi connectivity index (χ4n) is 2.76. The van der Waals surface area contributed by atoms with Crippen molar-refractivity contribution >= 4 is 11.6 Å². The SMILES string of the molecule is CC(C)[C@H](NC(=O)Cc1ccc(F)cc1)c1nc(-c2cccc([N+](=O)[O-])c2)no1. The first-order valence-electron chi connectivity index (χ1n) is 8.95. The molecule has 0 saturated heterocycles. The van der Waals surface area contributed by atoms with E-state index in [1.54, 1.807) is 18.2 Å². The molecule has 0 radical (unpaired) electrons. The van der Waals surface area contributed by atoms with Crippen LogP contribution in [0.25, 0.3) is 11.4 Å². The molecule has 2 aromatic carbocycles. The number of nitro groups is 1. The van der Waals surface area contributed by atoms with Gasteiger partial charge in [-0.1, -0.05) is 43.3 Å². The summed E-state index contributed by atoms with van der Waals surface area (Å²) >= 11 is 0. The standard InChI is InChI=1S/C20H19FN4O4/c1-12(2)18(22-17(26)10-13-6-8-15(21)9-7-13)20-23-19(24-29-20)14-4-3-5-16(11-14)25(27)28/h3-9,11-12,18H,10H2,1-2H3,(H,22,26)/t18-/m0/s1. The van der Waals surface area contributed by atoms with Gasteiger partial charge in [-0.25, -0.2) is 4.39 Å². The van der Waals surface area contributed by atoms with Gasteiger partial charge in [0.25, 0.3) is 5.69 Å². The number of halogens is 1. The molecule has 1 N–H and O–H groups in total. The number of nitrogens with one attached hydrogen (secondary N) is 1. The van der Waals surface area contributed by atoms with Crippen LogP contribution in [0.5, 0.6) is 0 Å². The second kappa shape index (κ2) is 8.59. The second-order valence-electron chi connectivity index (χ2n) is 6.86. The highest BCUT2D eigenvalue weighted by atomic mass is 19.1. The molecular formula is C20H19FN4O4.